The van der Waals surface area contributed by atoms with Gasteiger partial charge in [-0.15, -0.1) is 0 Å². The zero-order valence-corrected chi connectivity index (χ0v) is 12.4. The van der Waals surface area contributed by atoms with Gasteiger partial charge in [0.15, 0.2) is 0 Å². The summed E-state index contributed by atoms with van der Waals surface area (Å²) in [6, 6.07) is 7.67. The molecule has 0 saturated carbocycles. The Labute approximate surface area is 121 Å². The molecular weight excluding hydrogens is 252 g/mol. The Morgan fingerprint density at radius 1 is 1.35 bits per heavy atom. The molecule has 0 atom stereocenters. The molecule has 1 aliphatic heterocycles. The van der Waals surface area contributed by atoms with E-state index in [9.17, 15) is 4.79 Å². The smallest absolute Gasteiger partial charge is 0.251 e. The first kappa shape index (κ1) is 14.9. The minimum Gasteiger partial charge on any atom is -0.494 e. The number of rotatable bonds is 5. The Morgan fingerprint density at radius 3 is 2.75 bits per heavy atom. The van der Waals surface area contributed by atoms with Crippen LogP contribution in [0.4, 0.5) is 0 Å². The van der Waals surface area contributed by atoms with Crippen molar-refractivity contribution in [3.8, 4) is 5.75 Å². The fraction of sp³-hybridized carbons (Fsp3) is 0.562. The van der Waals surface area contributed by atoms with Crippen LogP contribution in [0.2, 0.25) is 0 Å². The Morgan fingerprint density at radius 2 is 2.10 bits per heavy atom. The summed E-state index contributed by atoms with van der Waals surface area (Å²) in [5, 5.41) is 3.13. The predicted octanol–water partition coefficient (Wildman–Crippen LogP) is 2.30. The number of nitrogens with one attached hydrogen (secondary N) is 1. The maximum atomic E-state index is 12.2. The van der Waals surface area contributed by atoms with E-state index in [0.29, 0.717) is 18.2 Å². The highest BCUT2D eigenvalue weighted by Crippen LogP contribution is 2.15. The lowest BCUT2D eigenvalue weighted by atomic mass is 10.0. The van der Waals surface area contributed by atoms with Gasteiger partial charge < -0.3 is 15.0 Å². The molecule has 20 heavy (non-hydrogen) atoms. The van der Waals surface area contributed by atoms with E-state index in [1.54, 1.807) is 6.07 Å². The van der Waals surface area contributed by atoms with Crippen LogP contribution in [0.25, 0.3) is 0 Å². The number of nitrogens with zero attached hydrogens (tertiary/aromatic N) is 1. The summed E-state index contributed by atoms with van der Waals surface area (Å²) in [6.07, 6.45) is 2.06. The third kappa shape index (κ3) is 3.97. The van der Waals surface area contributed by atoms with Gasteiger partial charge in [-0.2, -0.15) is 0 Å². The zero-order valence-electron chi connectivity index (χ0n) is 12.4. The molecule has 2 rings (SSSR count). The molecule has 1 aromatic rings. The molecule has 1 fully saturated rings. The molecule has 1 N–H and O–H groups in total. The molecule has 1 amide bonds. The number of likely N-dealkylation sites (tertiary alicyclic amines) is 1. The highest BCUT2D eigenvalue weighted by atomic mass is 16.5. The van der Waals surface area contributed by atoms with Crippen molar-refractivity contribution in [1.29, 1.82) is 0 Å². The van der Waals surface area contributed by atoms with Crippen molar-refractivity contribution in [2.75, 3.05) is 26.2 Å². The summed E-state index contributed by atoms with van der Waals surface area (Å²) in [5.74, 6) is 0.752. The molecule has 4 heteroatoms. The summed E-state index contributed by atoms with van der Waals surface area (Å²) in [5.41, 5.74) is 0.675. The quantitative estimate of drug-likeness (QED) is 0.897. The molecule has 0 aromatic heterocycles. The number of hydrogen-bond donors (Lipinski definition) is 1. The zero-order chi connectivity index (χ0) is 14.4. The van der Waals surface area contributed by atoms with Crippen molar-refractivity contribution in [1.82, 2.24) is 10.2 Å². The summed E-state index contributed by atoms with van der Waals surface area (Å²) in [7, 11) is 0. The molecule has 1 aromatic carbocycles. The van der Waals surface area contributed by atoms with Gasteiger partial charge in [-0.05, 0) is 44.5 Å². The van der Waals surface area contributed by atoms with Crippen LogP contribution in [0, 0.1) is 0 Å². The lowest BCUT2D eigenvalue weighted by molar-refractivity contribution is 0.0912. The average Bonchev–Trinajstić information content (AvgIpc) is 2.48. The van der Waals surface area contributed by atoms with Crippen LogP contribution >= 0.6 is 0 Å². The Bertz CT molecular complexity index is 440. The van der Waals surface area contributed by atoms with Crippen molar-refractivity contribution < 1.29 is 9.53 Å². The monoisotopic (exact) mass is 276 g/mol. The average molecular weight is 276 g/mol. The van der Waals surface area contributed by atoms with Gasteiger partial charge in [0.2, 0.25) is 0 Å². The van der Waals surface area contributed by atoms with Crippen molar-refractivity contribution in [2.45, 2.75) is 32.7 Å². The van der Waals surface area contributed by atoms with Crippen molar-refractivity contribution >= 4 is 5.91 Å². The molecule has 0 bridgehead atoms. The first-order valence-electron chi connectivity index (χ1n) is 7.49. The fourth-order valence-electron chi connectivity index (χ4n) is 2.56. The number of ether oxygens (including phenoxy) is 1. The molecule has 110 valence electrons. The standard InChI is InChI=1S/C16H24N2O2/c1-3-18-10-8-14(9-11-18)17-16(19)13-6-5-7-15(12-13)20-4-2/h5-7,12,14H,3-4,8-11H2,1-2H3,(H,17,19). The number of piperidine rings is 1. The van der Waals surface area contributed by atoms with Gasteiger partial charge in [0.05, 0.1) is 6.61 Å². The molecule has 1 heterocycles. The number of hydrogen-bond acceptors (Lipinski definition) is 3. The van der Waals surface area contributed by atoms with E-state index >= 15 is 0 Å². The summed E-state index contributed by atoms with van der Waals surface area (Å²) in [4.78, 5) is 14.7. The lowest BCUT2D eigenvalue weighted by Gasteiger charge is -2.31. The first-order valence-corrected chi connectivity index (χ1v) is 7.49. The minimum absolute atomic E-state index is 0.00139. The van der Waals surface area contributed by atoms with Crippen molar-refractivity contribution in [2.24, 2.45) is 0 Å². The second-order valence-electron chi connectivity index (χ2n) is 5.14. The predicted molar refractivity (Wildman–Crippen MR) is 80.2 cm³/mol. The SMILES string of the molecule is CCOc1cccc(C(=O)NC2CCN(CC)CC2)c1. The van der Waals surface area contributed by atoms with Crippen LogP contribution in [-0.4, -0.2) is 43.1 Å². The van der Waals surface area contributed by atoms with Crippen LogP contribution in [0.5, 0.6) is 5.75 Å². The largest absolute Gasteiger partial charge is 0.494 e. The number of benzene rings is 1. The van der Waals surface area contributed by atoms with E-state index in [2.05, 4.69) is 17.1 Å². The first-order chi connectivity index (χ1) is 9.72. The van der Waals surface area contributed by atoms with Crippen molar-refractivity contribution in [3.63, 3.8) is 0 Å². The van der Waals surface area contributed by atoms with Gasteiger partial charge in [0.1, 0.15) is 5.75 Å². The third-order valence-electron chi connectivity index (χ3n) is 3.78. The topological polar surface area (TPSA) is 41.6 Å². The lowest BCUT2D eigenvalue weighted by Crippen LogP contribution is -2.44. The molecule has 0 aliphatic carbocycles. The van der Waals surface area contributed by atoms with Gasteiger partial charge in [0.25, 0.3) is 5.91 Å². The van der Waals surface area contributed by atoms with E-state index in [0.717, 1.165) is 38.2 Å². The number of carbonyl (C=O) groups is 1. The van der Waals surface area contributed by atoms with Crippen LogP contribution in [0.15, 0.2) is 24.3 Å². The van der Waals surface area contributed by atoms with Gasteiger partial charge in [0, 0.05) is 24.7 Å². The second kappa shape index (κ2) is 7.29. The highest BCUT2D eigenvalue weighted by Gasteiger charge is 2.20. The van der Waals surface area contributed by atoms with Gasteiger partial charge in [-0.3, -0.25) is 4.79 Å². The maximum Gasteiger partial charge on any atom is 0.251 e. The summed E-state index contributed by atoms with van der Waals surface area (Å²) in [6.45, 7) is 7.96. The van der Waals surface area contributed by atoms with Crippen LogP contribution in [0.3, 0.4) is 0 Å². The van der Waals surface area contributed by atoms with Crippen LogP contribution in [0.1, 0.15) is 37.0 Å². The number of carbonyl (C=O) groups excluding carboxylic acids is 1. The van der Waals surface area contributed by atoms with Gasteiger partial charge >= 0.3 is 0 Å². The van der Waals surface area contributed by atoms with E-state index in [1.165, 1.54) is 0 Å². The molecular formula is C16H24N2O2. The molecule has 0 unspecified atom stereocenters. The molecule has 1 saturated heterocycles. The van der Waals surface area contributed by atoms with E-state index < -0.39 is 0 Å². The maximum absolute atomic E-state index is 12.2. The van der Waals surface area contributed by atoms with Gasteiger partial charge in [-0.25, -0.2) is 0 Å². The highest BCUT2D eigenvalue weighted by molar-refractivity contribution is 5.94. The van der Waals surface area contributed by atoms with E-state index in [1.807, 2.05) is 25.1 Å². The fourth-order valence-corrected chi connectivity index (χ4v) is 2.56. The minimum atomic E-state index is 0.00139. The molecule has 1 aliphatic rings. The van der Waals surface area contributed by atoms with E-state index in [-0.39, 0.29) is 5.91 Å². The summed E-state index contributed by atoms with van der Waals surface area (Å²) >= 11 is 0. The Kier molecular flexibility index (Phi) is 5.41. The molecule has 0 radical (unpaired) electrons. The summed E-state index contributed by atoms with van der Waals surface area (Å²) < 4.78 is 5.43. The normalized spacial score (nSPS) is 16.9. The Balaban J connectivity index is 1.90. The molecule has 0 spiro atoms. The number of amides is 1. The van der Waals surface area contributed by atoms with Crippen LogP contribution < -0.4 is 10.1 Å². The second-order valence-corrected chi connectivity index (χ2v) is 5.14. The van der Waals surface area contributed by atoms with Crippen molar-refractivity contribution in [3.05, 3.63) is 29.8 Å². The third-order valence-corrected chi connectivity index (χ3v) is 3.78. The van der Waals surface area contributed by atoms with Crippen LogP contribution in [-0.2, 0) is 0 Å². The molecule has 4 nitrogen and oxygen atoms in total. The van der Waals surface area contributed by atoms with Gasteiger partial charge in [-0.1, -0.05) is 13.0 Å². The Hall–Kier alpha value is -1.55. The van der Waals surface area contributed by atoms with E-state index in [4.69, 9.17) is 4.74 Å².